The Kier molecular flexibility index (Phi) is 2.67. The standard InChI is InChI=1S/C9H10N2/c1-2-8-3-5-9(6-4-8)7-11-10/h1,3-6,11H,7,10H2. The van der Waals surface area contributed by atoms with E-state index in [1.54, 1.807) is 0 Å². The van der Waals surface area contributed by atoms with E-state index in [0.29, 0.717) is 6.54 Å². The van der Waals surface area contributed by atoms with Crippen LogP contribution in [0.2, 0.25) is 0 Å². The van der Waals surface area contributed by atoms with E-state index in [0.717, 1.165) is 11.1 Å². The highest BCUT2D eigenvalue weighted by atomic mass is 15.2. The molecule has 2 nitrogen and oxygen atoms in total. The number of benzene rings is 1. The molecule has 0 saturated heterocycles. The first-order chi connectivity index (χ1) is 5.36. The van der Waals surface area contributed by atoms with Crippen LogP contribution < -0.4 is 11.3 Å². The second kappa shape index (κ2) is 3.77. The summed E-state index contributed by atoms with van der Waals surface area (Å²) in [5, 5.41) is 0. The predicted octanol–water partition coefficient (Wildman–Crippen LogP) is 0.631. The molecule has 0 fully saturated rings. The second-order valence-corrected chi connectivity index (χ2v) is 2.22. The smallest absolute Gasteiger partial charge is 0.0348 e. The molecule has 0 atom stereocenters. The van der Waals surface area contributed by atoms with E-state index >= 15 is 0 Å². The normalized spacial score (nSPS) is 9.09. The molecule has 2 heteroatoms. The van der Waals surface area contributed by atoms with Gasteiger partial charge in [-0.3, -0.25) is 11.3 Å². The van der Waals surface area contributed by atoms with Gasteiger partial charge in [-0.15, -0.1) is 6.42 Å². The molecule has 3 N–H and O–H groups in total. The zero-order chi connectivity index (χ0) is 8.10. The van der Waals surface area contributed by atoms with E-state index in [1.807, 2.05) is 24.3 Å². The monoisotopic (exact) mass is 146 g/mol. The van der Waals surface area contributed by atoms with Crippen molar-refractivity contribution in [1.29, 1.82) is 0 Å². The zero-order valence-corrected chi connectivity index (χ0v) is 6.17. The SMILES string of the molecule is C#Cc1ccc(CNN)cc1. The third-order valence-electron chi connectivity index (χ3n) is 1.43. The highest BCUT2D eigenvalue weighted by molar-refractivity contribution is 5.34. The van der Waals surface area contributed by atoms with E-state index < -0.39 is 0 Å². The van der Waals surface area contributed by atoms with Gasteiger partial charge in [0.1, 0.15) is 0 Å². The zero-order valence-electron chi connectivity index (χ0n) is 6.17. The fraction of sp³-hybridized carbons (Fsp3) is 0.111. The maximum atomic E-state index is 5.18. The Morgan fingerprint density at radius 3 is 2.45 bits per heavy atom. The van der Waals surface area contributed by atoms with Crippen LogP contribution in [0.3, 0.4) is 0 Å². The van der Waals surface area contributed by atoms with Gasteiger partial charge in [0.25, 0.3) is 0 Å². The van der Waals surface area contributed by atoms with Crippen molar-refractivity contribution in [3.8, 4) is 12.3 Å². The lowest BCUT2D eigenvalue weighted by Gasteiger charge is -1.98. The van der Waals surface area contributed by atoms with Gasteiger partial charge in [0.15, 0.2) is 0 Å². The molecule has 0 spiro atoms. The van der Waals surface area contributed by atoms with Crippen molar-refractivity contribution in [3.63, 3.8) is 0 Å². The fourth-order valence-electron chi connectivity index (χ4n) is 0.837. The number of rotatable bonds is 2. The largest absolute Gasteiger partial charge is 0.271 e. The van der Waals surface area contributed by atoms with E-state index in [1.165, 1.54) is 0 Å². The highest BCUT2D eigenvalue weighted by Gasteiger charge is 1.89. The maximum Gasteiger partial charge on any atom is 0.0348 e. The molecule has 0 aliphatic rings. The van der Waals surface area contributed by atoms with E-state index in [2.05, 4.69) is 11.3 Å². The molecule has 0 unspecified atom stereocenters. The molecule has 0 bridgehead atoms. The Bertz CT molecular complexity index is 256. The van der Waals surface area contributed by atoms with E-state index in [-0.39, 0.29) is 0 Å². The maximum absolute atomic E-state index is 5.18. The fourth-order valence-corrected chi connectivity index (χ4v) is 0.837. The minimum atomic E-state index is 0.671. The van der Waals surface area contributed by atoms with E-state index in [9.17, 15) is 0 Å². The quantitative estimate of drug-likeness (QED) is 0.365. The lowest BCUT2D eigenvalue weighted by atomic mass is 10.1. The molecule has 0 amide bonds. The number of nitrogens with two attached hydrogens (primary N) is 1. The number of hydrazine groups is 1. The van der Waals surface area contributed by atoms with Crippen LogP contribution in [-0.4, -0.2) is 0 Å². The van der Waals surface area contributed by atoms with Crippen LogP contribution in [0.5, 0.6) is 0 Å². The van der Waals surface area contributed by atoms with Crippen molar-refractivity contribution in [1.82, 2.24) is 5.43 Å². The summed E-state index contributed by atoms with van der Waals surface area (Å²) >= 11 is 0. The van der Waals surface area contributed by atoms with E-state index in [4.69, 9.17) is 12.3 Å². The Labute approximate surface area is 66.4 Å². The van der Waals surface area contributed by atoms with Crippen molar-refractivity contribution in [2.24, 2.45) is 5.84 Å². The first-order valence-electron chi connectivity index (χ1n) is 3.36. The third kappa shape index (κ3) is 2.08. The molecule has 11 heavy (non-hydrogen) atoms. The summed E-state index contributed by atoms with van der Waals surface area (Å²) in [7, 11) is 0. The molecule has 1 rings (SSSR count). The minimum absolute atomic E-state index is 0.671. The van der Waals surface area contributed by atoms with Crippen LogP contribution >= 0.6 is 0 Å². The Morgan fingerprint density at radius 2 is 2.00 bits per heavy atom. The van der Waals surface area contributed by atoms with Crippen molar-refractivity contribution in [2.75, 3.05) is 0 Å². The summed E-state index contributed by atoms with van der Waals surface area (Å²) in [6, 6.07) is 7.70. The van der Waals surface area contributed by atoms with Crippen LogP contribution in [-0.2, 0) is 6.54 Å². The highest BCUT2D eigenvalue weighted by Crippen LogP contribution is 2.01. The first-order valence-corrected chi connectivity index (χ1v) is 3.36. The van der Waals surface area contributed by atoms with Crippen LogP contribution in [0.15, 0.2) is 24.3 Å². The minimum Gasteiger partial charge on any atom is -0.271 e. The van der Waals surface area contributed by atoms with Gasteiger partial charge in [0, 0.05) is 12.1 Å². The summed E-state index contributed by atoms with van der Waals surface area (Å²) in [6.07, 6.45) is 5.18. The molecule has 0 heterocycles. The molecular formula is C9H10N2. The Balaban J connectivity index is 2.76. The number of hydrogen-bond donors (Lipinski definition) is 2. The van der Waals surface area contributed by atoms with Crippen LogP contribution in [0.1, 0.15) is 11.1 Å². The summed E-state index contributed by atoms with van der Waals surface area (Å²) in [4.78, 5) is 0. The van der Waals surface area contributed by atoms with Crippen LogP contribution in [0.25, 0.3) is 0 Å². The number of terminal acetylenes is 1. The van der Waals surface area contributed by atoms with Crippen LogP contribution in [0.4, 0.5) is 0 Å². The van der Waals surface area contributed by atoms with Crippen LogP contribution in [0, 0.1) is 12.3 Å². The van der Waals surface area contributed by atoms with Gasteiger partial charge in [-0.1, -0.05) is 18.1 Å². The Hall–Kier alpha value is -1.30. The molecule has 56 valence electrons. The van der Waals surface area contributed by atoms with Gasteiger partial charge >= 0.3 is 0 Å². The average molecular weight is 146 g/mol. The third-order valence-corrected chi connectivity index (χ3v) is 1.43. The summed E-state index contributed by atoms with van der Waals surface area (Å²) in [6.45, 7) is 0.671. The van der Waals surface area contributed by atoms with Gasteiger partial charge in [0.2, 0.25) is 0 Å². The van der Waals surface area contributed by atoms with Gasteiger partial charge in [-0.2, -0.15) is 0 Å². The van der Waals surface area contributed by atoms with Gasteiger partial charge < -0.3 is 0 Å². The summed E-state index contributed by atoms with van der Waals surface area (Å²) in [5.74, 6) is 7.69. The predicted molar refractivity (Wildman–Crippen MR) is 45.4 cm³/mol. The summed E-state index contributed by atoms with van der Waals surface area (Å²) in [5.41, 5.74) is 4.60. The number of hydrogen-bond acceptors (Lipinski definition) is 2. The summed E-state index contributed by atoms with van der Waals surface area (Å²) < 4.78 is 0. The molecule has 1 aromatic rings. The van der Waals surface area contributed by atoms with Gasteiger partial charge in [-0.25, -0.2) is 0 Å². The van der Waals surface area contributed by atoms with Crippen molar-refractivity contribution in [2.45, 2.75) is 6.54 Å². The molecule has 0 radical (unpaired) electrons. The first kappa shape index (κ1) is 7.80. The molecular weight excluding hydrogens is 136 g/mol. The lowest BCUT2D eigenvalue weighted by Crippen LogP contribution is -2.20. The average Bonchev–Trinajstić information content (AvgIpc) is 2.07. The van der Waals surface area contributed by atoms with Gasteiger partial charge in [-0.05, 0) is 17.7 Å². The van der Waals surface area contributed by atoms with Gasteiger partial charge in [0.05, 0.1) is 0 Å². The van der Waals surface area contributed by atoms with Crippen molar-refractivity contribution in [3.05, 3.63) is 35.4 Å². The molecule has 0 aliphatic carbocycles. The van der Waals surface area contributed by atoms with Crippen molar-refractivity contribution < 1.29 is 0 Å². The molecule has 0 aromatic heterocycles. The lowest BCUT2D eigenvalue weighted by molar-refractivity contribution is 0.741. The van der Waals surface area contributed by atoms with Crippen molar-refractivity contribution >= 4 is 0 Å². The molecule has 0 aliphatic heterocycles. The topological polar surface area (TPSA) is 38.0 Å². The Morgan fingerprint density at radius 1 is 1.36 bits per heavy atom. The number of nitrogens with one attached hydrogen (secondary N) is 1. The second-order valence-electron chi connectivity index (χ2n) is 2.22. The molecule has 1 aromatic carbocycles. The molecule has 0 saturated carbocycles.